The van der Waals surface area contributed by atoms with Gasteiger partial charge >= 0.3 is 0 Å². The lowest BCUT2D eigenvalue weighted by molar-refractivity contribution is -0.116. The number of nitrogens with zero attached hydrogens (tertiary/aromatic N) is 3. The molecule has 1 aromatic heterocycles. The lowest BCUT2D eigenvalue weighted by Crippen LogP contribution is -2.41. The van der Waals surface area contributed by atoms with E-state index >= 15 is 0 Å². The molecule has 0 saturated carbocycles. The van der Waals surface area contributed by atoms with Gasteiger partial charge in [0.15, 0.2) is 5.82 Å². The number of amides is 1. The number of methoxy groups -OCH3 is 2. The van der Waals surface area contributed by atoms with E-state index in [2.05, 4.69) is 27.9 Å². The molecule has 1 aliphatic rings. The molecule has 1 aliphatic heterocycles. The molecule has 4 rings (SSSR count). The molecule has 1 amide bonds. The molecule has 3 aromatic rings. The SMILES string of the molecule is CCCc1nnc2n1N[C@@H](c1ccc(OC)cc1)[C@@H](C(=O)Nc1ccc(OC)cc1)S2. The van der Waals surface area contributed by atoms with Crippen LogP contribution < -0.4 is 20.2 Å². The Morgan fingerprint density at radius 2 is 1.71 bits per heavy atom. The van der Waals surface area contributed by atoms with Gasteiger partial charge in [-0.15, -0.1) is 10.2 Å². The van der Waals surface area contributed by atoms with Gasteiger partial charge < -0.3 is 20.2 Å². The Labute approximate surface area is 185 Å². The minimum absolute atomic E-state index is 0.116. The van der Waals surface area contributed by atoms with Crippen LogP contribution in [0.4, 0.5) is 5.69 Å². The molecular formula is C22H25N5O3S. The molecule has 2 heterocycles. The number of nitrogens with one attached hydrogen (secondary N) is 2. The van der Waals surface area contributed by atoms with Gasteiger partial charge in [0.25, 0.3) is 0 Å². The molecule has 0 fully saturated rings. The number of aryl methyl sites for hydroxylation is 1. The van der Waals surface area contributed by atoms with E-state index < -0.39 is 5.25 Å². The average molecular weight is 440 g/mol. The highest BCUT2D eigenvalue weighted by Gasteiger charge is 2.37. The molecule has 0 saturated heterocycles. The van der Waals surface area contributed by atoms with Gasteiger partial charge in [0.1, 0.15) is 16.7 Å². The molecule has 2 N–H and O–H groups in total. The van der Waals surface area contributed by atoms with Crippen molar-refractivity contribution in [2.24, 2.45) is 0 Å². The number of hydrogen-bond donors (Lipinski definition) is 2. The summed E-state index contributed by atoms with van der Waals surface area (Å²) in [4.78, 5) is 13.3. The number of ether oxygens (including phenoxy) is 2. The van der Waals surface area contributed by atoms with Crippen LogP contribution in [0.2, 0.25) is 0 Å². The number of carbonyl (C=O) groups excluding carboxylic acids is 1. The van der Waals surface area contributed by atoms with Crippen LogP contribution in [0.1, 0.15) is 30.8 Å². The number of benzene rings is 2. The fourth-order valence-electron chi connectivity index (χ4n) is 3.43. The minimum Gasteiger partial charge on any atom is -0.497 e. The van der Waals surface area contributed by atoms with Crippen molar-refractivity contribution in [1.29, 1.82) is 0 Å². The van der Waals surface area contributed by atoms with Crippen molar-refractivity contribution in [3.8, 4) is 11.5 Å². The Balaban J connectivity index is 1.63. The van der Waals surface area contributed by atoms with Crippen molar-refractivity contribution in [3.05, 3.63) is 59.9 Å². The van der Waals surface area contributed by atoms with Crippen molar-refractivity contribution >= 4 is 23.4 Å². The van der Waals surface area contributed by atoms with Crippen LogP contribution in [0.3, 0.4) is 0 Å². The third-order valence-electron chi connectivity index (χ3n) is 5.07. The average Bonchev–Trinajstić information content (AvgIpc) is 3.21. The predicted molar refractivity (Wildman–Crippen MR) is 120 cm³/mol. The van der Waals surface area contributed by atoms with Gasteiger partial charge in [0.05, 0.1) is 20.3 Å². The van der Waals surface area contributed by atoms with Gasteiger partial charge in [0.2, 0.25) is 11.1 Å². The summed E-state index contributed by atoms with van der Waals surface area (Å²) >= 11 is 1.41. The highest BCUT2D eigenvalue weighted by Crippen LogP contribution is 2.38. The summed E-state index contributed by atoms with van der Waals surface area (Å²) < 4.78 is 12.4. The molecule has 0 unspecified atom stereocenters. The molecule has 0 spiro atoms. The van der Waals surface area contributed by atoms with Crippen molar-refractivity contribution in [3.63, 3.8) is 0 Å². The normalized spacial score (nSPS) is 17.4. The highest BCUT2D eigenvalue weighted by molar-refractivity contribution is 8.00. The summed E-state index contributed by atoms with van der Waals surface area (Å²) in [5.41, 5.74) is 5.15. The van der Waals surface area contributed by atoms with E-state index in [4.69, 9.17) is 9.47 Å². The van der Waals surface area contributed by atoms with Gasteiger partial charge in [-0.25, -0.2) is 4.68 Å². The van der Waals surface area contributed by atoms with Crippen molar-refractivity contribution < 1.29 is 14.3 Å². The molecule has 2 atom stereocenters. The Kier molecular flexibility index (Phi) is 6.31. The Morgan fingerprint density at radius 3 is 2.32 bits per heavy atom. The Morgan fingerprint density at radius 1 is 1.06 bits per heavy atom. The summed E-state index contributed by atoms with van der Waals surface area (Å²) in [5, 5.41) is 11.8. The predicted octanol–water partition coefficient (Wildman–Crippen LogP) is 3.65. The third kappa shape index (κ3) is 4.46. The van der Waals surface area contributed by atoms with E-state index in [1.165, 1.54) is 11.8 Å². The lowest BCUT2D eigenvalue weighted by atomic mass is 10.0. The molecule has 0 aliphatic carbocycles. The zero-order valence-corrected chi connectivity index (χ0v) is 18.5. The standard InChI is InChI=1S/C22H25N5O3S/c1-4-5-18-24-25-22-27(18)26-19(14-6-10-16(29-2)11-7-14)20(31-22)21(28)23-15-8-12-17(30-3)13-9-15/h6-13,19-20,26H,4-5H2,1-3H3,(H,23,28)/t19-,20-/m0/s1. The first-order chi connectivity index (χ1) is 15.1. The molecular weight excluding hydrogens is 414 g/mol. The summed E-state index contributed by atoms with van der Waals surface area (Å²) in [5.74, 6) is 2.25. The van der Waals surface area contributed by atoms with E-state index in [9.17, 15) is 4.79 Å². The van der Waals surface area contributed by atoms with Crippen molar-refractivity contribution in [2.45, 2.75) is 36.2 Å². The first kappa shape index (κ1) is 21.0. The molecule has 9 heteroatoms. The molecule has 2 aromatic carbocycles. The number of carbonyl (C=O) groups is 1. The summed E-state index contributed by atoms with van der Waals surface area (Å²) in [6.45, 7) is 2.10. The number of aromatic nitrogens is 3. The molecule has 162 valence electrons. The minimum atomic E-state index is -0.443. The van der Waals surface area contributed by atoms with Crippen LogP contribution in [0.25, 0.3) is 0 Å². The van der Waals surface area contributed by atoms with Crippen LogP contribution in [-0.4, -0.2) is 40.3 Å². The Bertz CT molecular complexity index is 1040. The van der Waals surface area contributed by atoms with Gasteiger partial charge in [-0.2, -0.15) is 0 Å². The summed E-state index contributed by atoms with van der Waals surface area (Å²) in [6.07, 6.45) is 1.76. The second-order valence-corrected chi connectivity index (χ2v) is 8.23. The maximum atomic E-state index is 13.3. The van der Waals surface area contributed by atoms with Crippen LogP contribution in [0.15, 0.2) is 53.7 Å². The van der Waals surface area contributed by atoms with Gasteiger partial charge in [0, 0.05) is 12.1 Å². The fourth-order valence-corrected chi connectivity index (χ4v) is 4.53. The first-order valence-corrected chi connectivity index (χ1v) is 11.0. The maximum absolute atomic E-state index is 13.3. The summed E-state index contributed by atoms with van der Waals surface area (Å²) in [7, 11) is 3.25. The second-order valence-electron chi connectivity index (χ2n) is 7.12. The van der Waals surface area contributed by atoms with Gasteiger partial charge in [-0.05, 0) is 48.4 Å². The Hall–Kier alpha value is -3.20. The van der Waals surface area contributed by atoms with Crippen LogP contribution in [-0.2, 0) is 11.2 Å². The second kappa shape index (κ2) is 9.30. The largest absolute Gasteiger partial charge is 0.497 e. The molecule has 0 radical (unpaired) electrons. The maximum Gasteiger partial charge on any atom is 0.240 e. The number of fused-ring (bicyclic) bond motifs is 1. The number of rotatable bonds is 7. The zero-order chi connectivity index (χ0) is 21.8. The van der Waals surface area contributed by atoms with E-state index in [1.807, 2.05) is 53.2 Å². The molecule has 0 bridgehead atoms. The van der Waals surface area contributed by atoms with Crippen LogP contribution in [0.5, 0.6) is 11.5 Å². The first-order valence-electron chi connectivity index (χ1n) is 10.1. The van der Waals surface area contributed by atoms with E-state index in [-0.39, 0.29) is 11.9 Å². The molecule has 31 heavy (non-hydrogen) atoms. The highest BCUT2D eigenvalue weighted by atomic mass is 32.2. The smallest absolute Gasteiger partial charge is 0.240 e. The van der Waals surface area contributed by atoms with E-state index in [0.29, 0.717) is 10.8 Å². The van der Waals surface area contributed by atoms with Gasteiger partial charge in [-0.1, -0.05) is 30.8 Å². The molecule has 8 nitrogen and oxygen atoms in total. The lowest BCUT2D eigenvalue weighted by Gasteiger charge is -2.33. The number of hydrogen-bond acceptors (Lipinski definition) is 7. The monoisotopic (exact) mass is 439 g/mol. The number of thioether (sulfide) groups is 1. The van der Waals surface area contributed by atoms with Gasteiger partial charge in [-0.3, -0.25) is 4.79 Å². The fraction of sp³-hybridized carbons (Fsp3) is 0.318. The van der Waals surface area contributed by atoms with E-state index in [1.54, 1.807) is 14.2 Å². The van der Waals surface area contributed by atoms with Crippen LogP contribution in [0, 0.1) is 0 Å². The van der Waals surface area contributed by atoms with Crippen LogP contribution >= 0.6 is 11.8 Å². The zero-order valence-electron chi connectivity index (χ0n) is 17.7. The topological polar surface area (TPSA) is 90.3 Å². The quantitative estimate of drug-likeness (QED) is 0.581. The third-order valence-corrected chi connectivity index (χ3v) is 6.28. The summed E-state index contributed by atoms with van der Waals surface area (Å²) in [6, 6.07) is 14.7. The van der Waals surface area contributed by atoms with Crippen molar-refractivity contribution in [1.82, 2.24) is 14.9 Å². The van der Waals surface area contributed by atoms with E-state index in [0.717, 1.165) is 35.7 Å². The van der Waals surface area contributed by atoms with Crippen molar-refractivity contribution in [2.75, 3.05) is 25.0 Å². The number of anilines is 1.